The van der Waals surface area contributed by atoms with E-state index in [-0.39, 0.29) is 23.2 Å². The molecule has 19 heavy (non-hydrogen) atoms. The summed E-state index contributed by atoms with van der Waals surface area (Å²) >= 11 is 0. The van der Waals surface area contributed by atoms with E-state index < -0.39 is 6.36 Å². The minimum atomic E-state index is -4.72. The molecule has 0 aliphatic rings. The van der Waals surface area contributed by atoms with Gasteiger partial charge in [0.1, 0.15) is 11.5 Å². The smallest absolute Gasteiger partial charge is 0.436 e. The van der Waals surface area contributed by atoms with Crippen LogP contribution >= 0.6 is 0 Å². The van der Waals surface area contributed by atoms with Crippen LogP contribution in [0.1, 0.15) is 0 Å². The summed E-state index contributed by atoms with van der Waals surface area (Å²) in [4.78, 5) is 7.59. The third-order valence-corrected chi connectivity index (χ3v) is 1.96. The predicted molar refractivity (Wildman–Crippen MR) is 59.6 cm³/mol. The third kappa shape index (κ3) is 3.73. The molecule has 0 aliphatic heterocycles. The highest BCUT2D eigenvalue weighted by molar-refractivity contribution is 5.42. The molecule has 2 N–H and O–H groups in total. The van der Waals surface area contributed by atoms with Gasteiger partial charge in [-0.1, -0.05) is 0 Å². The van der Waals surface area contributed by atoms with E-state index in [1.165, 1.54) is 24.5 Å². The number of alkyl halides is 3. The monoisotopic (exact) mass is 271 g/mol. The second-order valence-electron chi connectivity index (χ2n) is 3.37. The Kier molecular flexibility index (Phi) is 3.41. The zero-order chi connectivity index (χ0) is 13.9. The van der Waals surface area contributed by atoms with Gasteiger partial charge < -0.3 is 15.2 Å². The molecule has 0 bridgehead atoms. The number of ether oxygens (including phenoxy) is 2. The molecule has 100 valence electrons. The summed E-state index contributed by atoms with van der Waals surface area (Å²) in [6, 6.07) is 4.84. The van der Waals surface area contributed by atoms with E-state index in [9.17, 15) is 13.2 Å². The number of rotatable bonds is 3. The molecule has 1 aromatic carbocycles. The average molecular weight is 271 g/mol. The van der Waals surface area contributed by atoms with Crippen molar-refractivity contribution in [2.75, 3.05) is 5.73 Å². The largest absolute Gasteiger partial charge is 0.573 e. The van der Waals surface area contributed by atoms with Crippen molar-refractivity contribution in [1.82, 2.24) is 9.97 Å². The van der Waals surface area contributed by atoms with E-state index in [1.54, 1.807) is 0 Å². The summed E-state index contributed by atoms with van der Waals surface area (Å²) < 4.78 is 44.8. The molecule has 0 spiro atoms. The van der Waals surface area contributed by atoms with E-state index in [4.69, 9.17) is 10.5 Å². The highest BCUT2D eigenvalue weighted by Crippen LogP contribution is 2.27. The number of hydrogen-bond acceptors (Lipinski definition) is 5. The van der Waals surface area contributed by atoms with Crippen molar-refractivity contribution in [2.45, 2.75) is 6.36 Å². The van der Waals surface area contributed by atoms with Crippen molar-refractivity contribution in [3.63, 3.8) is 0 Å². The Labute approximate surface area is 105 Å². The predicted octanol–water partition coefficient (Wildman–Crippen LogP) is 2.75. The zero-order valence-corrected chi connectivity index (χ0v) is 9.39. The number of hydrogen-bond donors (Lipinski definition) is 1. The maximum absolute atomic E-state index is 12.0. The first-order valence-electron chi connectivity index (χ1n) is 5.04. The summed E-state index contributed by atoms with van der Waals surface area (Å²) in [6.07, 6.45) is -1.95. The van der Waals surface area contributed by atoms with Crippen LogP contribution < -0.4 is 15.2 Å². The van der Waals surface area contributed by atoms with E-state index >= 15 is 0 Å². The standard InChI is InChI=1S/C11H8F3N3O2/c12-11(13,14)19-8-3-1-7(2-4-8)18-10-9(15)16-5-6-17-10/h1-6H,(H2,15,16). The SMILES string of the molecule is Nc1nccnc1Oc1ccc(OC(F)(F)F)cc1. The van der Waals surface area contributed by atoms with Crippen molar-refractivity contribution in [3.05, 3.63) is 36.7 Å². The fraction of sp³-hybridized carbons (Fsp3) is 0.0909. The molecule has 1 heterocycles. The zero-order valence-electron chi connectivity index (χ0n) is 9.39. The Hall–Kier alpha value is -2.51. The number of nitrogens with zero attached hydrogens (tertiary/aromatic N) is 2. The van der Waals surface area contributed by atoms with Crippen molar-refractivity contribution in [2.24, 2.45) is 0 Å². The molecule has 2 rings (SSSR count). The highest BCUT2D eigenvalue weighted by atomic mass is 19.4. The van der Waals surface area contributed by atoms with Gasteiger partial charge in [0.05, 0.1) is 0 Å². The molecule has 0 atom stereocenters. The van der Waals surface area contributed by atoms with Crippen molar-refractivity contribution >= 4 is 5.82 Å². The van der Waals surface area contributed by atoms with Crippen LogP contribution in [0.3, 0.4) is 0 Å². The summed E-state index contributed by atoms with van der Waals surface area (Å²) in [5, 5.41) is 0. The molecule has 0 aliphatic carbocycles. The molecule has 2 aromatic rings. The van der Waals surface area contributed by atoms with Crippen LogP contribution in [0.25, 0.3) is 0 Å². The lowest BCUT2D eigenvalue weighted by atomic mass is 10.3. The van der Waals surface area contributed by atoms with Gasteiger partial charge in [-0.3, -0.25) is 0 Å². The Bertz CT molecular complexity index is 558. The number of anilines is 1. The summed E-state index contributed by atoms with van der Waals surface area (Å²) in [5.74, 6) is 0.0822. The molecule has 0 radical (unpaired) electrons. The third-order valence-electron chi connectivity index (χ3n) is 1.96. The quantitative estimate of drug-likeness (QED) is 0.929. The molecular formula is C11H8F3N3O2. The minimum absolute atomic E-state index is 0.0759. The van der Waals surface area contributed by atoms with E-state index in [2.05, 4.69) is 14.7 Å². The lowest BCUT2D eigenvalue weighted by molar-refractivity contribution is -0.274. The van der Waals surface area contributed by atoms with Gasteiger partial charge in [0, 0.05) is 12.4 Å². The Morgan fingerprint density at radius 1 is 0.947 bits per heavy atom. The first-order chi connectivity index (χ1) is 8.94. The van der Waals surface area contributed by atoms with Gasteiger partial charge in [0.25, 0.3) is 5.88 Å². The first kappa shape index (κ1) is 12.9. The second kappa shape index (κ2) is 5.01. The van der Waals surface area contributed by atoms with Crippen LogP contribution in [0.2, 0.25) is 0 Å². The lowest BCUT2D eigenvalue weighted by Gasteiger charge is -2.10. The van der Waals surface area contributed by atoms with Crippen molar-refractivity contribution in [3.8, 4) is 17.4 Å². The highest BCUT2D eigenvalue weighted by Gasteiger charge is 2.30. The average Bonchev–Trinajstić information content (AvgIpc) is 2.33. The van der Waals surface area contributed by atoms with Crippen LogP contribution in [-0.2, 0) is 0 Å². The lowest BCUT2D eigenvalue weighted by Crippen LogP contribution is -2.16. The van der Waals surface area contributed by atoms with Gasteiger partial charge in [-0.25, -0.2) is 9.97 Å². The van der Waals surface area contributed by atoms with Gasteiger partial charge in [-0.2, -0.15) is 0 Å². The van der Waals surface area contributed by atoms with Gasteiger partial charge in [-0.15, -0.1) is 13.2 Å². The van der Waals surface area contributed by atoms with Crippen LogP contribution in [0.4, 0.5) is 19.0 Å². The van der Waals surface area contributed by atoms with Crippen molar-refractivity contribution in [1.29, 1.82) is 0 Å². The summed E-state index contributed by atoms with van der Waals surface area (Å²) in [6.45, 7) is 0. The maximum Gasteiger partial charge on any atom is 0.573 e. The molecule has 0 fully saturated rings. The molecule has 0 saturated heterocycles. The van der Waals surface area contributed by atoms with Gasteiger partial charge >= 0.3 is 6.36 Å². The van der Waals surface area contributed by atoms with Crippen LogP contribution in [0.5, 0.6) is 17.4 Å². The van der Waals surface area contributed by atoms with E-state index in [0.717, 1.165) is 12.1 Å². The van der Waals surface area contributed by atoms with Crippen LogP contribution in [-0.4, -0.2) is 16.3 Å². The Morgan fingerprint density at radius 2 is 1.53 bits per heavy atom. The summed E-state index contributed by atoms with van der Waals surface area (Å²) in [5.41, 5.74) is 5.51. The second-order valence-corrected chi connectivity index (χ2v) is 3.37. The van der Waals surface area contributed by atoms with Crippen LogP contribution in [0, 0.1) is 0 Å². The minimum Gasteiger partial charge on any atom is -0.436 e. The van der Waals surface area contributed by atoms with E-state index in [1.807, 2.05) is 0 Å². The summed E-state index contributed by atoms with van der Waals surface area (Å²) in [7, 11) is 0. The van der Waals surface area contributed by atoms with Gasteiger partial charge in [-0.05, 0) is 24.3 Å². The van der Waals surface area contributed by atoms with Crippen LogP contribution in [0.15, 0.2) is 36.7 Å². The van der Waals surface area contributed by atoms with E-state index in [0.29, 0.717) is 0 Å². The topological polar surface area (TPSA) is 70.3 Å². The van der Waals surface area contributed by atoms with Crippen molar-refractivity contribution < 1.29 is 22.6 Å². The first-order valence-corrected chi connectivity index (χ1v) is 5.04. The van der Waals surface area contributed by atoms with Gasteiger partial charge in [0.15, 0.2) is 5.82 Å². The molecular weight excluding hydrogens is 263 g/mol. The number of nitrogen functional groups attached to an aromatic ring is 1. The van der Waals surface area contributed by atoms with Gasteiger partial charge in [0.2, 0.25) is 0 Å². The molecule has 0 saturated carbocycles. The Balaban J connectivity index is 2.09. The fourth-order valence-electron chi connectivity index (χ4n) is 1.24. The number of benzene rings is 1. The molecule has 5 nitrogen and oxygen atoms in total. The molecule has 8 heteroatoms. The number of halogens is 3. The maximum atomic E-state index is 12.0. The molecule has 0 amide bonds. The normalized spacial score (nSPS) is 11.1. The fourth-order valence-corrected chi connectivity index (χ4v) is 1.24. The molecule has 1 aromatic heterocycles. The molecule has 0 unspecified atom stereocenters. The number of aromatic nitrogens is 2. The Morgan fingerprint density at radius 3 is 2.11 bits per heavy atom. The number of nitrogens with two attached hydrogens (primary N) is 1.